The minimum Gasteiger partial charge on any atom is -0.391 e. The normalized spacial score (nSPS) is 11.3. The predicted molar refractivity (Wildman–Crippen MR) is 138 cm³/mol. The van der Waals surface area contributed by atoms with E-state index in [4.69, 9.17) is 12.9 Å². The molecule has 33 heavy (non-hydrogen) atoms. The largest absolute Gasteiger partial charge is 0.453 e. The quantitative estimate of drug-likeness (QED) is 0.270. The summed E-state index contributed by atoms with van der Waals surface area (Å²) in [6.45, 7) is 0. The second kappa shape index (κ2) is 7.91. The number of hydrogen-bond donors (Lipinski definition) is 0. The second-order valence-corrected chi connectivity index (χ2v) is 9.20. The van der Waals surface area contributed by atoms with Crippen molar-refractivity contribution in [1.29, 1.82) is 0 Å². The lowest BCUT2D eigenvalue weighted by atomic mass is 9.99. The number of rotatable bonds is 3. The Hall–Kier alpha value is -3.88. The monoisotopic (exact) mass is 451 g/mol. The van der Waals surface area contributed by atoms with Gasteiger partial charge in [0.15, 0.2) is 0 Å². The summed E-state index contributed by atoms with van der Waals surface area (Å²) in [5.74, 6) is 0.707. The van der Waals surface area contributed by atoms with E-state index >= 15 is 0 Å². The SMILES string of the molecule is CN(C)c1cccc(Op2oc3ccc4ccccc4c3c3c(ccc4ccccc43)o2)c1. The van der Waals surface area contributed by atoms with E-state index in [9.17, 15) is 0 Å². The molecule has 0 aliphatic carbocycles. The topological polar surface area (TPSA) is 38.8 Å². The molecule has 5 aromatic carbocycles. The Balaban J connectivity index is 1.71. The first kappa shape index (κ1) is 19.8. The number of anilines is 1. The average Bonchev–Trinajstić information content (AvgIpc) is 3.00. The zero-order chi connectivity index (χ0) is 22.4. The maximum absolute atomic E-state index is 6.41. The van der Waals surface area contributed by atoms with Gasteiger partial charge in [-0.05, 0) is 45.8 Å². The van der Waals surface area contributed by atoms with Crippen LogP contribution in [0.15, 0.2) is 105 Å². The Bertz CT molecular complexity index is 1590. The lowest BCUT2D eigenvalue weighted by Gasteiger charge is -2.12. The van der Waals surface area contributed by atoms with Crippen LogP contribution in [0.4, 0.5) is 5.69 Å². The van der Waals surface area contributed by atoms with Crippen LogP contribution in [0.25, 0.3) is 43.5 Å². The van der Waals surface area contributed by atoms with Crippen molar-refractivity contribution in [3.8, 4) is 5.75 Å². The van der Waals surface area contributed by atoms with E-state index in [0.29, 0.717) is 5.75 Å². The van der Waals surface area contributed by atoms with Crippen LogP contribution in [0.5, 0.6) is 5.75 Å². The molecule has 0 N–H and O–H groups in total. The van der Waals surface area contributed by atoms with Crippen molar-refractivity contribution < 1.29 is 12.9 Å². The minimum atomic E-state index is -1.71. The van der Waals surface area contributed by atoms with E-state index in [-0.39, 0.29) is 0 Å². The fraction of sp³-hybridized carbons (Fsp3) is 0.0714. The van der Waals surface area contributed by atoms with Gasteiger partial charge in [0.2, 0.25) is 0 Å². The van der Waals surface area contributed by atoms with Crippen molar-refractivity contribution >= 4 is 57.4 Å². The van der Waals surface area contributed by atoms with Crippen LogP contribution in [-0.4, -0.2) is 14.1 Å². The van der Waals surface area contributed by atoms with E-state index in [0.717, 1.165) is 49.2 Å². The van der Waals surface area contributed by atoms with E-state index in [1.807, 2.05) is 55.4 Å². The van der Waals surface area contributed by atoms with Crippen LogP contribution in [0, 0.1) is 0 Å². The maximum atomic E-state index is 6.41. The Morgan fingerprint density at radius 1 is 0.636 bits per heavy atom. The highest BCUT2D eigenvalue weighted by Crippen LogP contribution is 2.42. The Labute approximate surface area is 192 Å². The third kappa shape index (κ3) is 3.49. The summed E-state index contributed by atoms with van der Waals surface area (Å²) in [6.07, 6.45) is 0. The van der Waals surface area contributed by atoms with Gasteiger partial charge in [0, 0.05) is 36.6 Å². The summed E-state index contributed by atoms with van der Waals surface area (Å²) < 4.78 is 19.1. The first-order valence-electron chi connectivity index (χ1n) is 10.8. The maximum Gasteiger partial charge on any atom is 0.453 e. The molecule has 0 spiro atoms. The van der Waals surface area contributed by atoms with Crippen LogP contribution < -0.4 is 9.42 Å². The number of nitrogens with zero attached hydrogens (tertiary/aromatic N) is 1. The molecule has 0 bridgehead atoms. The van der Waals surface area contributed by atoms with Crippen molar-refractivity contribution in [2.24, 2.45) is 0 Å². The molecule has 0 fully saturated rings. The van der Waals surface area contributed by atoms with Gasteiger partial charge >= 0.3 is 8.24 Å². The molecule has 1 heterocycles. The van der Waals surface area contributed by atoms with E-state index < -0.39 is 8.24 Å². The highest BCUT2D eigenvalue weighted by molar-refractivity contribution is 7.32. The van der Waals surface area contributed by atoms with E-state index in [1.165, 1.54) is 0 Å². The van der Waals surface area contributed by atoms with E-state index in [2.05, 4.69) is 60.7 Å². The molecule has 6 rings (SSSR count). The minimum absolute atomic E-state index is 0.707. The first-order valence-corrected chi connectivity index (χ1v) is 11.9. The molecule has 5 heteroatoms. The summed E-state index contributed by atoms with van der Waals surface area (Å²) in [4.78, 5) is 2.04. The zero-order valence-electron chi connectivity index (χ0n) is 18.4. The molecular weight excluding hydrogens is 429 g/mol. The highest BCUT2D eigenvalue weighted by Gasteiger charge is 2.14. The molecular formula is C28H22NO3P. The molecule has 0 saturated carbocycles. The van der Waals surface area contributed by atoms with Gasteiger partial charge < -0.3 is 17.8 Å². The van der Waals surface area contributed by atoms with Crippen LogP contribution in [0.2, 0.25) is 0 Å². The van der Waals surface area contributed by atoms with Crippen molar-refractivity contribution in [2.45, 2.75) is 0 Å². The summed E-state index contributed by atoms with van der Waals surface area (Å²) in [5, 5.41) is 6.64. The highest BCUT2D eigenvalue weighted by atomic mass is 31.1. The smallest absolute Gasteiger partial charge is 0.391 e. The lowest BCUT2D eigenvalue weighted by Crippen LogP contribution is -2.08. The van der Waals surface area contributed by atoms with E-state index in [1.54, 1.807) is 0 Å². The van der Waals surface area contributed by atoms with Crippen molar-refractivity contribution in [3.05, 3.63) is 97.1 Å². The van der Waals surface area contributed by atoms with Crippen LogP contribution >= 0.6 is 8.24 Å². The molecule has 162 valence electrons. The molecule has 0 atom stereocenters. The zero-order valence-corrected chi connectivity index (χ0v) is 19.3. The van der Waals surface area contributed by atoms with Gasteiger partial charge in [-0.15, -0.1) is 0 Å². The van der Waals surface area contributed by atoms with Gasteiger partial charge in [0.05, 0.1) is 0 Å². The van der Waals surface area contributed by atoms with Crippen LogP contribution in [0.1, 0.15) is 0 Å². The summed E-state index contributed by atoms with van der Waals surface area (Å²) in [7, 11) is 2.30. The van der Waals surface area contributed by atoms with Crippen molar-refractivity contribution in [1.82, 2.24) is 0 Å². The van der Waals surface area contributed by atoms with Gasteiger partial charge in [0.25, 0.3) is 0 Å². The molecule has 0 aliphatic rings. The number of fused-ring (bicyclic) bond motifs is 7. The Morgan fingerprint density at radius 3 is 1.79 bits per heavy atom. The standard InChI is InChI=1S/C28H22NO3P/c1-29(2)21-10-7-11-22(18-21)30-33-31-25-16-14-19-8-3-5-12-23(19)27(25)28-24-13-6-4-9-20(24)15-17-26(28)32-33/h3-18H,1-2H3. The molecule has 6 aromatic rings. The molecule has 0 radical (unpaired) electrons. The Kier molecular flexibility index (Phi) is 4.74. The van der Waals surface area contributed by atoms with Gasteiger partial charge in [-0.1, -0.05) is 66.7 Å². The fourth-order valence-electron chi connectivity index (χ4n) is 4.29. The van der Waals surface area contributed by atoms with Crippen LogP contribution in [-0.2, 0) is 0 Å². The molecule has 0 aliphatic heterocycles. The molecule has 0 unspecified atom stereocenters. The fourth-order valence-corrected chi connectivity index (χ4v) is 5.32. The van der Waals surface area contributed by atoms with Crippen LogP contribution in [0.3, 0.4) is 0 Å². The van der Waals surface area contributed by atoms with Gasteiger partial charge in [-0.25, -0.2) is 0 Å². The summed E-state index contributed by atoms with van der Waals surface area (Å²) in [5.41, 5.74) is 2.58. The molecule has 0 saturated heterocycles. The second-order valence-electron chi connectivity index (χ2n) is 8.21. The molecule has 1 aromatic heterocycles. The van der Waals surface area contributed by atoms with Gasteiger partial charge in [0.1, 0.15) is 16.9 Å². The van der Waals surface area contributed by atoms with Crippen molar-refractivity contribution in [3.63, 3.8) is 0 Å². The number of benzene rings is 5. The summed E-state index contributed by atoms with van der Waals surface area (Å²) in [6, 6.07) is 32.9. The van der Waals surface area contributed by atoms with Crippen molar-refractivity contribution in [2.75, 3.05) is 19.0 Å². The molecule has 0 amide bonds. The van der Waals surface area contributed by atoms with Gasteiger partial charge in [-0.2, -0.15) is 0 Å². The Morgan fingerprint density at radius 2 is 1.21 bits per heavy atom. The lowest BCUT2D eigenvalue weighted by molar-refractivity contribution is 0.498. The average molecular weight is 451 g/mol. The molecule has 4 nitrogen and oxygen atoms in total. The first-order chi connectivity index (χ1) is 16.2. The third-order valence-corrected chi connectivity index (χ3v) is 6.94. The van der Waals surface area contributed by atoms with Gasteiger partial charge in [-0.3, -0.25) is 0 Å². The number of hydrogen-bond acceptors (Lipinski definition) is 4. The summed E-state index contributed by atoms with van der Waals surface area (Å²) >= 11 is 0. The third-order valence-electron chi connectivity index (χ3n) is 5.89. The predicted octanol–water partition coefficient (Wildman–Crippen LogP) is 8.50.